The maximum Gasteiger partial charge on any atom is 0.306 e. The zero-order valence-electron chi connectivity index (χ0n) is 9.26. The number of carbonyl (C=O) groups is 2. The normalized spacial score (nSPS) is 43.1. The van der Waals surface area contributed by atoms with Crippen molar-refractivity contribution in [3.8, 4) is 0 Å². The summed E-state index contributed by atoms with van der Waals surface area (Å²) in [6, 6.07) is 0.484. The molecule has 0 spiro atoms. The highest BCUT2D eigenvalue weighted by Gasteiger charge is 2.52. The molecule has 4 nitrogen and oxygen atoms in total. The molecule has 0 aromatic rings. The van der Waals surface area contributed by atoms with E-state index in [1.54, 1.807) is 0 Å². The van der Waals surface area contributed by atoms with Crippen LogP contribution in [-0.4, -0.2) is 40.4 Å². The monoisotopic (exact) mass is 223 g/mol. The number of hydrogen-bond donors (Lipinski definition) is 1. The van der Waals surface area contributed by atoms with Crippen molar-refractivity contribution in [2.45, 2.75) is 44.2 Å². The molecule has 1 saturated carbocycles. The van der Waals surface area contributed by atoms with Crippen molar-refractivity contribution in [3.05, 3.63) is 0 Å². The van der Waals surface area contributed by atoms with E-state index in [1.807, 2.05) is 0 Å². The zero-order valence-corrected chi connectivity index (χ0v) is 9.26. The highest BCUT2D eigenvalue weighted by Crippen LogP contribution is 2.43. The molecule has 0 radical (unpaired) electrons. The molecule has 3 aliphatic rings. The number of rotatable bonds is 1. The van der Waals surface area contributed by atoms with Crippen LogP contribution in [0.4, 0.5) is 0 Å². The maximum atomic E-state index is 12.2. The molecule has 4 atom stereocenters. The Bertz CT molecular complexity index is 341. The highest BCUT2D eigenvalue weighted by molar-refractivity contribution is 5.90. The predicted molar refractivity (Wildman–Crippen MR) is 57.0 cm³/mol. The third-order valence-electron chi connectivity index (χ3n) is 4.58. The van der Waals surface area contributed by atoms with Gasteiger partial charge in [0.05, 0.1) is 12.0 Å². The van der Waals surface area contributed by atoms with Gasteiger partial charge in [0.1, 0.15) is 0 Å². The molecule has 3 fully saturated rings. The Labute approximate surface area is 94.6 Å². The second-order valence-corrected chi connectivity index (χ2v) is 5.32. The van der Waals surface area contributed by atoms with Gasteiger partial charge in [-0.15, -0.1) is 0 Å². The Hall–Kier alpha value is -0.900. The van der Waals surface area contributed by atoms with Gasteiger partial charge in [-0.3, -0.25) is 14.5 Å². The topological polar surface area (TPSA) is 57.6 Å². The fourth-order valence-electron chi connectivity index (χ4n) is 3.82. The lowest BCUT2D eigenvalue weighted by Crippen LogP contribution is -2.38. The van der Waals surface area contributed by atoms with Crippen LogP contribution in [0, 0.1) is 11.8 Å². The van der Waals surface area contributed by atoms with Crippen LogP contribution in [0.5, 0.6) is 0 Å². The number of nitrogens with zero attached hydrogens (tertiary/aromatic N) is 1. The highest BCUT2D eigenvalue weighted by atomic mass is 16.4. The lowest BCUT2D eigenvalue weighted by molar-refractivity contribution is -0.143. The van der Waals surface area contributed by atoms with Crippen LogP contribution in [-0.2, 0) is 9.59 Å². The largest absolute Gasteiger partial charge is 0.481 e. The second kappa shape index (κ2) is 3.55. The Kier molecular flexibility index (Phi) is 2.28. The van der Waals surface area contributed by atoms with E-state index in [4.69, 9.17) is 5.11 Å². The molecule has 0 unspecified atom stereocenters. The minimum atomic E-state index is -0.724. The van der Waals surface area contributed by atoms with Crippen LogP contribution in [0.2, 0.25) is 0 Å². The number of carbonyl (C=O) groups excluding carboxylic acids is 1. The molecular weight excluding hydrogens is 206 g/mol. The van der Waals surface area contributed by atoms with Gasteiger partial charge >= 0.3 is 5.97 Å². The van der Waals surface area contributed by atoms with Crippen LogP contribution < -0.4 is 0 Å². The van der Waals surface area contributed by atoms with Crippen molar-refractivity contribution in [2.75, 3.05) is 6.54 Å². The van der Waals surface area contributed by atoms with Gasteiger partial charge in [0.15, 0.2) is 5.78 Å². The van der Waals surface area contributed by atoms with E-state index < -0.39 is 5.97 Å². The van der Waals surface area contributed by atoms with Gasteiger partial charge < -0.3 is 5.11 Å². The molecule has 2 saturated heterocycles. The number of aliphatic carboxylic acids is 1. The Balaban J connectivity index is 1.80. The van der Waals surface area contributed by atoms with Crippen molar-refractivity contribution in [3.63, 3.8) is 0 Å². The summed E-state index contributed by atoms with van der Waals surface area (Å²) in [6.45, 7) is 1.04. The van der Waals surface area contributed by atoms with Gasteiger partial charge in [0, 0.05) is 12.0 Å². The number of carboxylic acid groups (broad SMARTS) is 1. The average Bonchev–Trinajstić information content (AvgIpc) is 2.83. The number of Topliss-reactive ketones (excluding diaryl/α,β-unsaturated/α-hetero) is 1. The van der Waals surface area contributed by atoms with Crippen molar-refractivity contribution < 1.29 is 14.7 Å². The predicted octanol–water partition coefficient (Wildman–Crippen LogP) is 0.903. The van der Waals surface area contributed by atoms with Crippen molar-refractivity contribution in [1.29, 1.82) is 0 Å². The summed E-state index contributed by atoms with van der Waals surface area (Å²) in [6.07, 6.45) is 4.33. The van der Waals surface area contributed by atoms with E-state index >= 15 is 0 Å². The summed E-state index contributed by atoms with van der Waals surface area (Å²) in [5.41, 5.74) is 0. The van der Waals surface area contributed by atoms with Crippen molar-refractivity contribution in [1.82, 2.24) is 4.90 Å². The van der Waals surface area contributed by atoms with Crippen LogP contribution in [0.15, 0.2) is 0 Å². The van der Waals surface area contributed by atoms with E-state index in [1.165, 1.54) is 0 Å². The van der Waals surface area contributed by atoms with Crippen molar-refractivity contribution >= 4 is 11.8 Å². The molecule has 3 rings (SSSR count). The maximum absolute atomic E-state index is 12.2. The Morgan fingerprint density at radius 2 is 2.12 bits per heavy atom. The van der Waals surface area contributed by atoms with E-state index in [2.05, 4.69) is 4.90 Å². The first-order valence-corrected chi connectivity index (χ1v) is 6.21. The molecular formula is C12H17NO3. The molecule has 88 valence electrons. The Morgan fingerprint density at radius 1 is 1.31 bits per heavy atom. The molecule has 1 aliphatic carbocycles. The first-order valence-electron chi connectivity index (χ1n) is 6.21. The standard InChI is InChI=1S/C12H17NO3/c14-11-8-6-7(12(15)16)3-4-9(8)13-5-1-2-10(11)13/h7-10H,1-6H2,(H,15,16)/t7-,8-,9-,10-/m1/s1. The fourth-order valence-corrected chi connectivity index (χ4v) is 3.82. The lowest BCUT2D eigenvalue weighted by Gasteiger charge is -2.32. The summed E-state index contributed by atoms with van der Waals surface area (Å²) in [4.78, 5) is 25.5. The van der Waals surface area contributed by atoms with Crippen LogP contribution in [0.25, 0.3) is 0 Å². The van der Waals surface area contributed by atoms with Crippen molar-refractivity contribution in [2.24, 2.45) is 11.8 Å². The SMILES string of the molecule is O=C(O)[C@@H]1CC[C@@H]2[C@@H](C1)C(=O)[C@H]1CCCN12. The van der Waals surface area contributed by atoms with Gasteiger partial charge in [-0.2, -0.15) is 0 Å². The summed E-state index contributed by atoms with van der Waals surface area (Å²) >= 11 is 0. The minimum Gasteiger partial charge on any atom is -0.481 e. The third kappa shape index (κ3) is 1.32. The van der Waals surface area contributed by atoms with Crippen LogP contribution in [0.1, 0.15) is 32.1 Å². The Morgan fingerprint density at radius 3 is 2.88 bits per heavy atom. The third-order valence-corrected chi connectivity index (χ3v) is 4.58. The van der Waals surface area contributed by atoms with E-state index in [0.717, 1.165) is 32.2 Å². The summed E-state index contributed by atoms with van der Waals surface area (Å²) < 4.78 is 0. The molecule has 0 aromatic heterocycles. The summed E-state index contributed by atoms with van der Waals surface area (Å²) in [5, 5.41) is 9.02. The minimum absolute atomic E-state index is 0.0140. The molecule has 0 bridgehead atoms. The lowest BCUT2D eigenvalue weighted by atomic mass is 9.77. The number of fused-ring (bicyclic) bond motifs is 3. The zero-order chi connectivity index (χ0) is 11.3. The molecule has 2 heterocycles. The van der Waals surface area contributed by atoms with E-state index in [9.17, 15) is 9.59 Å². The average molecular weight is 223 g/mol. The summed E-state index contributed by atoms with van der Waals surface area (Å²) in [7, 11) is 0. The second-order valence-electron chi connectivity index (χ2n) is 5.32. The van der Waals surface area contributed by atoms with Gasteiger partial charge in [-0.05, 0) is 38.6 Å². The number of ketones is 1. The summed E-state index contributed by atoms with van der Waals surface area (Å²) in [5.74, 6) is -0.669. The van der Waals surface area contributed by atoms with Gasteiger partial charge in [-0.1, -0.05) is 0 Å². The smallest absolute Gasteiger partial charge is 0.306 e. The first-order chi connectivity index (χ1) is 7.68. The van der Waals surface area contributed by atoms with Crippen LogP contribution in [0.3, 0.4) is 0 Å². The molecule has 4 heteroatoms. The van der Waals surface area contributed by atoms with Gasteiger partial charge in [-0.25, -0.2) is 0 Å². The fraction of sp³-hybridized carbons (Fsp3) is 0.833. The number of hydrogen-bond acceptors (Lipinski definition) is 3. The van der Waals surface area contributed by atoms with Gasteiger partial charge in [0.2, 0.25) is 0 Å². The quantitative estimate of drug-likeness (QED) is 0.717. The molecule has 2 aliphatic heterocycles. The molecule has 0 aromatic carbocycles. The molecule has 16 heavy (non-hydrogen) atoms. The van der Waals surface area contributed by atoms with Crippen LogP contribution >= 0.6 is 0 Å². The molecule has 1 N–H and O–H groups in total. The first kappa shape index (κ1) is 10.3. The molecule has 0 amide bonds. The van der Waals surface area contributed by atoms with E-state index in [0.29, 0.717) is 18.2 Å². The van der Waals surface area contributed by atoms with Gasteiger partial charge in [0.25, 0.3) is 0 Å². The number of carboxylic acids is 1. The van der Waals surface area contributed by atoms with E-state index in [-0.39, 0.29) is 17.9 Å².